The zero-order valence-electron chi connectivity index (χ0n) is 33.9. The molecule has 0 saturated heterocycles. The average Bonchev–Trinajstić information content (AvgIpc) is 2.98. The van der Waals surface area contributed by atoms with E-state index in [1.165, 1.54) is 116 Å². The van der Waals surface area contributed by atoms with E-state index < -0.39 is 0 Å². The van der Waals surface area contributed by atoms with Crippen LogP contribution >= 0.6 is 0 Å². The second kappa shape index (κ2) is 34.7. The van der Waals surface area contributed by atoms with Gasteiger partial charge in [-0.15, -0.1) is 0 Å². The van der Waals surface area contributed by atoms with Gasteiger partial charge in [-0.1, -0.05) is 62.3 Å². The molecule has 8 heteroatoms. The van der Waals surface area contributed by atoms with Gasteiger partial charge >= 0.3 is 0 Å². The van der Waals surface area contributed by atoms with Crippen molar-refractivity contribution in [2.24, 2.45) is 11.5 Å². The summed E-state index contributed by atoms with van der Waals surface area (Å²) < 4.78 is 8.87. The van der Waals surface area contributed by atoms with Crippen LogP contribution in [0.2, 0.25) is 0 Å². The highest BCUT2D eigenvalue weighted by Gasteiger charge is 2.19. The van der Waals surface area contributed by atoms with Gasteiger partial charge in [0.2, 0.25) is 23.3 Å². The van der Waals surface area contributed by atoms with Gasteiger partial charge in [0.25, 0.3) is 0 Å². The Bertz CT molecular complexity index is 725. The lowest BCUT2D eigenvalue weighted by atomic mass is 10.2. The molecule has 0 bridgehead atoms. The van der Waals surface area contributed by atoms with E-state index in [4.69, 9.17) is 11.5 Å². The summed E-state index contributed by atoms with van der Waals surface area (Å²) in [6, 6.07) is 0. The van der Waals surface area contributed by atoms with Crippen molar-refractivity contribution in [2.45, 2.75) is 141 Å². The van der Waals surface area contributed by atoms with E-state index in [2.05, 4.69) is 88.2 Å². The molecule has 0 aliphatic carbocycles. The van der Waals surface area contributed by atoms with Crippen molar-refractivity contribution in [2.75, 3.05) is 80.5 Å². The summed E-state index contributed by atoms with van der Waals surface area (Å²) in [6.45, 7) is 36.1. The minimum absolute atomic E-state index is 0.843. The monoisotopic (exact) mass is 643 g/mol. The summed E-state index contributed by atoms with van der Waals surface area (Å²) in [4.78, 5) is 5.15. The summed E-state index contributed by atoms with van der Waals surface area (Å²) in [7, 11) is 7.65. The third-order valence-corrected chi connectivity index (χ3v) is 7.32. The number of hydrogen-bond acceptors (Lipinski definition) is 0. The van der Waals surface area contributed by atoms with Gasteiger partial charge in [-0.25, -0.2) is 0 Å². The van der Waals surface area contributed by atoms with Gasteiger partial charge in [0.1, 0.15) is 0 Å². The summed E-state index contributed by atoms with van der Waals surface area (Å²) in [5, 5.41) is 0. The molecule has 0 rings (SSSR count). The lowest BCUT2D eigenvalue weighted by molar-refractivity contribution is -0.534. The zero-order valence-corrected chi connectivity index (χ0v) is 33.9. The molecule has 0 heterocycles. The SMILES string of the molecule is CC(N)=[N+](C)C.CC(N)=[N+](C)C.CCCN(CCC)C(C)=[N+](CCC)CCC.CCCN(CCC)C(CC)=[N+](CCC)CCC. The number of nitrogens with two attached hydrogens (primary N) is 2. The number of hydrogen-bond donors (Lipinski definition) is 2. The predicted octanol–water partition coefficient (Wildman–Crippen LogP) is 6.38. The molecule has 0 unspecified atom stereocenters. The fourth-order valence-electron chi connectivity index (χ4n) is 4.62. The van der Waals surface area contributed by atoms with E-state index in [9.17, 15) is 0 Å². The smallest absolute Gasteiger partial charge is 0.246 e. The number of rotatable bonds is 17. The molecule has 0 saturated carbocycles. The maximum Gasteiger partial charge on any atom is 0.246 e. The van der Waals surface area contributed by atoms with Crippen LogP contribution in [0.4, 0.5) is 0 Å². The van der Waals surface area contributed by atoms with Gasteiger partial charge in [-0.3, -0.25) is 39.6 Å². The van der Waals surface area contributed by atoms with Crippen molar-refractivity contribution in [1.29, 1.82) is 0 Å². The van der Waals surface area contributed by atoms with Crippen molar-refractivity contribution < 1.29 is 18.3 Å². The van der Waals surface area contributed by atoms with Crippen LogP contribution in [-0.4, -0.2) is 132 Å². The first-order valence-corrected chi connectivity index (χ1v) is 18.5. The largest absolute Gasteiger partial charge is 0.291 e. The molecule has 0 spiro atoms. The van der Waals surface area contributed by atoms with Crippen LogP contribution < -0.4 is 11.5 Å². The maximum absolute atomic E-state index is 5.28. The Morgan fingerprint density at radius 1 is 0.444 bits per heavy atom. The molecule has 4 N–H and O–H groups in total. The molecule has 0 aromatic rings. The highest BCUT2D eigenvalue weighted by molar-refractivity contribution is 5.77. The fraction of sp³-hybridized carbons (Fsp3) is 0.892. The summed E-state index contributed by atoms with van der Waals surface area (Å²) in [5.74, 6) is 4.73. The van der Waals surface area contributed by atoms with Gasteiger partial charge in [0, 0.05) is 27.2 Å². The molecule has 0 atom stereocenters. The van der Waals surface area contributed by atoms with Crippen molar-refractivity contribution in [3.63, 3.8) is 0 Å². The van der Waals surface area contributed by atoms with Crippen LogP contribution in [0.15, 0.2) is 0 Å². The molecule has 0 fully saturated rings. The summed E-state index contributed by atoms with van der Waals surface area (Å²) >= 11 is 0. The summed E-state index contributed by atoms with van der Waals surface area (Å²) in [6.07, 6.45) is 11.1. The third kappa shape index (κ3) is 29.1. The Morgan fingerprint density at radius 3 is 0.933 bits per heavy atom. The maximum atomic E-state index is 5.28. The van der Waals surface area contributed by atoms with Crippen molar-refractivity contribution in [3.8, 4) is 0 Å². The zero-order chi connectivity index (χ0) is 35.8. The Morgan fingerprint density at radius 2 is 0.711 bits per heavy atom. The highest BCUT2D eigenvalue weighted by atomic mass is 15.2. The molecule has 0 amide bonds. The quantitative estimate of drug-likeness (QED) is 0.110. The first-order chi connectivity index (χ1) is 21.2. The van der Waals surface area contributed by atoms with Gasteiger partial charge in [0.05, 0.1) is 80.5 Å². The molecule has 0 radical (unpaired) electrons. The molecule has 8 nitrogen and oxygen atoms in total. The molecular weight excluding hydrogens is 556 g/mol. The molecule has 0 aliphatic rings. The third-order valence-electron chi connectivity index (χ3n) is 7.32. The predicted molar refractivity (Wildman–Crippen MR) is 205 cm³/mol. The summed E-state index contributed by atoms with van der Waals surface area (Å²) in [5.41, 5.74) is 10.6. The van der Waals surface area contributed by atoms with Gasteiger partial charge in [-0.2, -0.15) is 0 Å². The molecule has 270 valence electrons. The van der Waals surface area contributed by atoms with Crippen molar-refractivity contribution in [3.05, 3.63) is 0 Å². The first-order valence-electron chi connectivity index (χ1n) is 18.5. The Kier molecular flexibility index (Phi) is 38.4. The molecule has 45 heavy (non-hydrogen) atoms. The van der Waals surface area contributed by atoms with E-state index in [0.717, 1.165) is 11.7 Å². The normalized spacial score (nSPS) is 9.69. The molecule has 0 aromatic carbocycles. The Hall–Kier alpha value is -2.12. The van der Waals surface area contributed by atoms with E-state index in [0.29, 0.717) is 0 Å². The molecule has 0 aliphatic heterocycles. The van der Waals surface area contributed by atoms with Gasteiger partial charge in [-0.05, 0) is 51.4 Å². The van der Waals surface area contributed by atoms with Crippen LogP contribution in [0.1, 0.15) is 141 Å². The number of nitrogens with zero attached hydrogens (tertiary/aromatic N) is 6. The van der Waals surface area contributed by atoms with Gasteiger partial charge in [0.15, 0.2) is 0 Å². The molecular formula is C37H86N8+4. The van der Waals surface area contributed by atoms with Crippen LogP contribution in [0.25, 0.3) is 0 Å². The minimum atomic E-state index is 0.843. The van der Waals surface area contributed by atoms with Crippen LogP contribution in [0, 0.1) is 0 Å². The highest BCUT2D eigenvalue weighted by Crippen LogP contribution is 2.03. The topological polar surface area (TPSA) is 70.6 Å². The van der Waals surface area contributed by atoms with E-state index >= 15 is 0 Å². The Balaban J connectivity index is -0.000000276. The minimum Gasteiger partial charge on any atom is -0.291 e. The average molecular weight is 643 g/mol. The van der Waals surface area contributed by atoms with E-state index in [1.807, 2.05) is 51.2 Å². The van der Waals surface area contributed by atoms with Gasteiger partial charge < -0.3 is 0 Å². The standard InChI is InChI=1S/C15H33N2.C14H31N2.2C4H10N2/c1-6-11-16(12-7-2)15(10-5)17(13-8-3)14-9-4;1-6-10-15(11-7-2)14(5)16(12-8-3)13-9-4;2*1-4(5)6(2)3/h6-14H2,1-5H3;6-13H2,1-5H3;2*5H,1-3H3/q2*+1;;/p+2. The van der Waals surface area contributed by atoms with Crippen LogP contribution in [-0.2, 0) is 0 Å². The van der Waals surface area contributed by atoms with Crippen molar-refractivity contribution >= 4 is 23.3 Å². The second-order valence-electron chi connectivity index (χ2n) is 12.3. The van der Waals surface area contributed by atoms with Crippen LogP contribution in [0.3, 0.4) is 0 Å². The first kappa shape index (κ1) is 49.8. The Labute approximate surface area is 284 Å². The molecule has 0 aromatic heterocycles. The number of amidine groups is 4. The lowest BCUT2D eigenvalue weighted by Gasteiger charge is -2.21. The lowest BCUT2D eigenvalue weighted by Crippen LogP contribution is -2.39. The van der Waals surface area contributed by atoms with E-state index in [1.54, 1.807) is 5.84 Å². The fourth-order valence-corrected chi connectivity index (χ4v) is 4.62. The van der Waals surface area contributed by atoms with E-state index in [-0.39, 0.29) is 0 Å². The van der Waals surface area contributed by atoms with Crippen LogP contribution in [0.5, 0.6) is 0 Å². The van der Waals surface area contributed by atoms with Crippen molar-refractivity contribution in [1.82, 2.24) is 9.80 Å². The second-order valence-corrected chi connectivity index (χ2v) is 12.3.